The van der Waals surface area contributed by atoms with Crippen molar-refractivity contribution in [2.45, 2.75) is 63.1 Å². The molecule has 1 amide bonds. The molecule has 10 nitrogen and oxygen atoms in total. The van der Waals surface area contributed by atoms with Crippen molar-refractivity contribution in [2.75, 3.05) is 40.0 Å². The first-order valence-corrected chi connectivity index (χ1v) is 16.4. The second kappa shape index (κ2) is 12.3. The van der Waals surface area contributed by atoms with Gasteiger partial charge in [0, 0.05) is 76.8 Å². The summed E-state index contributed by atoms with van der Waals surface area (Å²) in [5.41, 5.74) is -0.128. The standard InChI is InChI=1S/C30H38F3N5O5S/c1-42-27-18-43-10-8-26(27)36-24-12-23-17-38(44(40,41)35-14-20-5-3-2-4-6-20)19-29(23,13-24)28(39)37-9-7-25-21(16-37)11-22(15-34-25)30(31,32)33/h2-6,11,15,23-24,26-27,35-36H,7-10,12-14,16-19H2,1H3/t23-,24+,26?,27?,29-/m1/s1. The lowest BCUT2D eigenvalue weighted by molar-refractivity contribution is -0.143. The molecule has 0 bridgehead atoms. The van der Waals surface area contributed by atoms with Crippen LogP contribution < -0.4 is 10.0 Å². The maximum absolute atomic E-state index is 14.5. The second-order valence-corrected chi connectivity index (χ2v) is 14.1. The topological polar surface area (TPSA) is 113 Å². The molecule has 2 aromatic rings. The Labute approximate surface area is 255 Å². The minimum atomic E-state index is -4.54. The quantitative estimate of drug-likeness (QED) is 0.458. The third-order valence-corrected chi connectivity index (χ3v) is 11.1. The van der Waals surface area contributed by atoms with Gasteiger partial charge in [-0.25, -0.2) is 0 Å². The van der Waals surface area contributed by atoms with E-state index in [-0.39, 0.29) is 56.2 Å². The Bertz CT molecular complexity index is 1460. The molecule has 5 atom stereocenters. The van der Waals surface area contributed by atoms with Gasteiger partial charge in [-0.3, -0.25) is 9.78 Å². The maximum atomic E-state index is 14.5. The number of aromatic nitrogens is 1. The number of nitrogens with one attached hydrogen (secondary N) is 2. The molecule has 14 heteroatoms. The molecule has 3 fully saturated rings. The van der Waals surface area contributed by atoms with Gasteiger partial charge in [0.15, 0.2) is 0 Å². The summed E-state index contributed by atoms with van der Waals surface area (Å²) in [5, 5.41) is 3.68. The van der Waals surface area contributed by atoms with Crippen LogP contribution in [0.5, 0.6) is 0 Å². The van der Waals surface area contributed by atoms with Crippen LogP contribution in [-0.2, 0) is 50.2 Å². The van der Waals surface area contributed by atoms with Crippen LogP contribution in [0.2, 0.25) is 0 Å². The smallest absolute Gasteiger partial charge is 0.379 e. The van der Waals surface area contributed by atoms with Crippen molar-refractivity contribution in [3.05, 3.63) is 65.0 Å². The predicted molar refractivity (Wildman–Crippen MR) is 154 cm³/mol. The Morgan fingerprint density at radius 1 is 1.25 bits per heavy atom. The summed E-state index contributed by atoms with van der Waals surface area (Å²) in [7, 11) is -2.27. The predicted octanol–water partition coefficient (Wildman–Crippen LogP) is 2.49. The van der Waals surface area contributed by atoms with Gasteiger partial charge < -0.3 is 19.7 Å². The van der Waals surface area contributed by atoms with Crippen LogP contribution in [-0.4, -0.2) is 86.7 Å². The Kier molecular flexibility index (Phi) is 8.76. The molecule has 4 heterocycles. The molecule has 0 spiro atoms. The fourth-order valence-corrected chi connectivity index (χ4v) is 8.64. The number of halogens is 3. The molecule has 44 heavy (non-hydrogen) atoms. The number of rotatable bonds is 8. The molecule has 2 N–H and O–H groups in total. The van der Waals surface area contributed by atoms with Crippen LogP contribution in [0.25, 0.3) is 0 Å². The highest BCUT2D eigenvalue weighted by Crippen LogP contribution is 2.51. The number of carbonyl (C=O) groups excluding carboxylic acids is 1. The molecule has 2 unspecified atom stereocenters. The van der Waals surface area contributed by atoms with Gasteiger partial charge in [0.25, 0.3) is 10.2 Å². The Morgan fingerprint density at radius 3 is 2.80 bits per heavy atom. The molecule has 1 aliphatic carbocycles. The lowest BCUT2D eigenvalue weighted by atomic mass is 9.78. The molecule has 3 aliphatic heterocycles. The Hall–Kier alpha value is -2.62. The second-order valence-electron chi connectivity index (χ2n) is 12.3. The number of methoxy groups -OCH3 is 1. The average molecular weight is 638 g/mol. The highest BCUT2D eigenvalue weighted by molar-refractivity contribution is 7.87. The summed E-state index contributed by atoms with van der Waals surface area (Å²) in [6.45, 7) is 1.68. The van der Waals surface area contributed by atoms with Gasteiger partial charge >= 0.3 is 6.18 Å². The Balaban J connectivity index is 1.24. The van der Waals surface area contributed by atoms with E-state index in [1.54, 1.807) is 12.0 Å². The molecular weight excluding hydrogens is 599 g/mol. The fraction of sp³-hybridized carbons (Fsp3) is 0.600. The molecule has 4 aliphatic rings. The summed E-state index contributed by atoms with van der Waals surface area (Å²) in [4.78, 5) is 20.1. The highest BCUT2D eigenvalue weighted by Gasteiger charge is 2.60. The number of nitrogens with zero attached hydrogens (tertiary/aromatic N) is 3. The molecular formula is C30H38F3N5O5S. The number of fused-ring (bicyclic) bond motifs is 2. The highest BCUT2D eigenvalue weighted by atomic mass is 32.2. The van der Waals surface area contributed by atoms with Crippen molar-refractivity contribution in [3.63, 3.8) is 0 Å². The van der Waals surface area contributed by atoms with Gasteiger partial charge in [-0.15, -0.1) is 0 Å². The van der Waals surface area contributed by atoms with Gasteiger partial charge in [0.05, 0.1) is 23.7 Å². The molecule has 240 valence electrons. The van der Waals surface area contributed by atoms with Gasteiger partial charge in [-0.1, -0.05) is 30.3 Å². The number of hydrogen-bond acceptors (Lipinski definition) is 7. The third kappa shape index (κ3) is 6.24. The average Bonchev–Trinajstić information content (AvgIpc) is 3.55. The van der Waals surface area contributed by atoms with Crippen LogP contribution in [0.15, 0.2) is 42.6 Å². The Morgan fingerprint density at radius 2 is 2.05 bits per heavy atom. The zero-order valence-corrected chi connectivity index (χ0v) is 25.4. The van der Waals surface area contributed by atoms with E-state index >= 15 is 0 Å². The minimum Gasteiger partial charge on any atom is -0.379 e. The zero-order chi connectivity index (χ0) is 31.1. The normalized spacial score (nSPS) is 29.4. The van der Waals surface area contributed by atoms with E-state index in [0.29, 0.717) is 50.3 Å². The SMILES string of the molecule is COC1COCCC1N[C@H]1C[C@@H]2CN(S(=O)(=O)NCc3ccccc3)C[C@]2(C(=O)N2CCc3ncc(C(F)(F)F)cc3C2)C1. The van der Waals surface area contributed by atoms with E-state index in [4.69, 9.17) is 9.47 Å². The first-order valence-electron chi connectivity index (χ1n) is 15.0. The fourth-order valence-electron chi connectivity index (χ4n) is 7.34. The van der Waals surface area contributed by atoms with E-state index in [1.165, 1.54) is 4.31 Å². The number of ether oxygens (including phenoxy) is 2. The first kappa shape index (κ1) is 31.4. The molecule has 6 rings (SSSR count). The van der Waals surface area contributed by atoms with E-state index < -0.39 is 27.4 Å². The number of carbonyl (C=O) groups is 1. The lowest BCUT2D eigenvalue weighted by Gasteiger charge is -2.37. The summed E-state index contributed by atoms with van der Waals surface area (Å²) in [5.74, 6) is -0.478. The van der Waals surface area contributed by atoms with Crippen LogP contribution >= 0.6 is 0 Å². The molecule has 0 radical (unpaired) electrons. The summed E-state index contributed by atoms with van der Waals surface area (Å²) in [6.07, 6.45) is -1.75. The zero-order valence-electron chi connectivity index (χ0n) is 24.6. The number of benzene rings is 1. The summed E-state index contributed by atoms with van der Waals surface area (Å²) < 4.78 is 82.5. The maximum Gasteiger partial charge on any atom is 0.417 e. The van der Waals surface area contributed by atoms with Crippen molar-refractivity contribution >= 4 is 16.1 Å². The number of pyridine rings is 1. The number of hydrogen-bond donors (Lipinski definition) is 2. The number of amides is 1. The van der Waals surface area contributed by atoms with E-state index in [0.717, 1.165) is 24.2 Å². The van der Waals surface area contributed by atoms with Gasteiger partial charge in [0.2, 0.25) is 5.91 Å². The van der Waals surface area contributed by atoms with E-state index in [1.807, 2.05) is 30.3 Å². The van der Waals surface area contributed by atoms with Crippen molar-refractivity contribution < 1.29 is 35.9 Å². The summed E-state index contributed by atoms with van der Waals surface area (Å²) >= 11 is 0. The van der Waals surface area contributed by atoms with Crippen molar-refractivity contribution in [2.24, 2.45) is 11.3 Å². The monoisotopic (exact) mass is 637 g/mol. The van der Waals surface area contributed by atoms with Crippen LogP contribution in [0.1, 0.15) is 41.6 Å². The molecule has 1 saturated carbocycles. The van der Waals surface area contributed by atoms with Gasteiger partial charge in [-0.05, 0) is 42.4 Å². The number of alkyl halides is 3. The first-order chi connectivity index (χ1) is 21.0. The van der Waals surface area contributed by atoms with Crippen molar-refractivity contribution in [1.82, 2.24) is 24.2 Å². The molecule has 1 aromatic heterocycles. The van der Waals surface area contributed by atoms with Crippen molar-refractivity contribution in [3.8, 4) is 0 Å². The van der Waals surface area contributed by atoms with Crippen LogP contribution in [0, 0.1) is 11.3 Å². The van der Waals surface area contributed by atoms with Crippen LogP contribution in [0.3, 0.4) is 0 Å². The lowest BCUT2D eigenvalue weighted by Crippen LogP contribution is -2.52. The van der Waals surface area contributed by atoms with Crippen molar-refractivity contribution in [1.29, 1.82) is 0 Å². The van der Waals surface area contributed by atoms with Gasteiger partial charge in [-0.2, -0.15) is 30.6 Å². The third-order valence-electron chi connectivity index (χ3n) is 9.62. The van der Waals surface area contributed by atoms with E-state index in [9.17, 15) is 26.4 Å². The molecule has 1 aromatic carbocycles. The minimum absolute atomic E-state index is 0.00235. The van der Waals surface area contributed by atoms with E-state index in [2.05, 4.69) is 15.0 Å². The largest absolute Gasteiger partial charge is 0.417 e. The summed E-state index contributed by atoms with van der Waals surface area (Å²) in [6, 6.07) is 10.2. The molecule has 2 saturated heterocycles. The van der Waals surface area contributed by atoms with Gasteiger partial charge in [0.1, 0.15) is 0 Å². The van der Waals surface area contributed by atoms with Crippen LogP contribution in [0.4, 0.5) is 13.2 Å².